The molecule has 0 aromatic heterocycles. The molecule has 2 N–H and O–H groups in total. The van der Waals surface area contributed by atoms with Gasteiger partial charge in [0.2, 0.25) is 0 Å². The van der Waals surface area contributed by atoms with Crippen LogP contribution in [0.15, 0.2) is 36.4 Å². The molecule has 2 aromatic rings. The van der Waals surface area contributed by atoms with E-state index in [0.29, 0.717) is 16.6 Å². The van der Waals surface area contributed by atoms with E-state index in [-0.39, 0.29) is 10.6 Å². The van der Waals surface area contributed by atoms with Crippen LogP contribution >= 0.6 is 23.2 Å². The highest BCUT2D eigenvalue weighted by Crippen LogP contribution is 2.35. The van der Waals surface area contributed by atoms with E-state index in [4.69, 9.17) is 23.2 Å². The van der Waals surface area contributed by atoms with E-state index in [0.717, 1.165) is 11.3 Å². The zero-order chi connectivity index (χ0) is 15.6. The molecule has 0 aliphatic heterocycles. The van der Waals surface area contributed by atoms with Crippen molar-refractivity contribution in [2.45, 2.75) is 19.8 Å². The maximum absolute atomic E-state index is 11.3. The number of carboxylic acids is 1. The largest absolute Gasteiger partial charge is 0.478 e. The van der Waals surface area contributed by atoms with Crippen LogP contribution in [0.25, 0.3) is 0 Å². The van der Waals surface area contributed by atoms with Crippen molar-refractivity contribution in [1.29, 1.82) is 0 Å². The molecule has 0 spiro atoms. The third-order valence-corrected chi connectivity index (χ3v) is 3.95. The summed E-state index contributed by atoms with van der Waals surface area (Å²) in [5.41, 5.74) is 2.31. The third kappa shape index (κ3) is 3.49. The van der Waals surface area contributed by atoms with Gasteiger partial charge in [-0.25, -0.2) is 4.79 Å². The molecule has 0 aliphatic rings. The van der Waals surface area contributed by atoms with Gasteiger partial charge in [0, 0.05) is 5.69 Å². The van der Waals surface area contributed by atoms with E-state index < -0.39 is 5.97 Å². The standard InChI is InChI=1S/C16H15Cl2NO2/c1-9(2)10-4-3-5-11(8-10)19-15-12(16(20)21)6-7-13(17)14(15)18/h3-9,19H,1-2H3,(H,20,21). The van der Waals surface area contributed by atoms with Gasteiger partial charge in [0.1, 0.15) is 0 Å². The molecule has 0 bridgehead atoms. The molecule has 0 saturated carbocycles. The summed E-state index contributed by atoms with van der Waals surface area (Å²) in [6.07, 6.45) is 0. The lowest BCUT2D eigenvalue weighted by atomic mass is 10.0. The van der Waals surface area contributed by atoms with Gasteiger partial charge in [-0.2, -0.15) is 0 Å². The summed E-state index contributed by atoms with van der Waals surface area (Å²) in [6.45, 7) is 4.18. The number of carboxylic acid groups (broad SMARTS) is 1. The number of carbonyl (C=O) groups is 1. The fourth-order valence-electron chi connectivity index (χ4n) is 1.97. The lowest BCUT2D eigenvalue weighted by Crippen LogP contribution is -2.04. The number of hydrogen-bond acceptors (Lipinski definition) is 2. The Bertz CT molecular complexity index is 684. The smallest absolute Gasteiger partial charge is 0.337 e. The second-order valence-corrected chi connectivity index (χ2v) is 5.78. The molecule has 3 nitrogen and oxygen atoms in total. The van der Waals surface area contributed by atoms with Gasteiger partial charge in [-0.3, -0.25) is 0 Å². The predicted octanol–water partition coefficient (Wildman–Crippen LogP) is 5.56. The molecule has 2 aromatic carbocycles. The quantitative estimate of drug-likeness (QED) is 0.774. The van der Waals surface area contributed by atoms with Crippen molar-refractivity contribution in [3.63, 3.8) is 0 Å². The normalized spacial score (nSPS) is 10.7. The van der Waals surface area contributed by atoms with Crippen LogP contribution in [-0.2, 0) is 0 Å². The Balaban J connectivity index is 2.46. The van der Waals surface area contributed by atoms with Crippen molar-refractivity contribution in [3.8, 4) is 0 Å². The summed E-state index contributed by atoms with van der Waals surface area (Å²) in [4.78, 5) is 11.3. The van der Waals surface area contributed by atoms with Gasteiger partial charge >= 0.3 is 5.97 Å². The Morgan fingerprint density at radius 2 is 1.90 bits per heavy atom. The molecule has 0 unspecified atom stereocenters. The van der Waals surface area contributed by atoms with Crippen molar-refractivity contribution in [1.82, 2.24) is 0 Å². The molecule has 0 amide bonds. The first-order valence-corrected chi connectivity index (χ1v) is 7.24. The average Bonchev–Trinajstić information content (AvgIpc) is 2.44. The van der Waals surface area contributed by atoms with Crippen LogP contribution < -0.4 is 5.32 Å². The molecule has 21 heavy (non-hydrogen) atoms. The van der Waals surface area contributed by atoms with Crippen molar-refractivity contribution in [3.05, 3.63) is 57.6 Å². The highest BCUT2D eigenvalue weighted by atomic mass is 35.5. The molecule has 0 aliphatic carbocycles. The van der Waals surface area contributed by atoms with E-state index in [9.17, 15) is 9.90 Å². The van der Waals surface area contributed by atoms with Crippen molar-refractivity contribution < 1.29 is 9.90 Å². The van der Waals surface area contributed by atoms with Gasteiger partial charge in [-0.1, -0.05) is 49.2 Å². The molecule has 0 saturated heterocycles. The van der Waals surface area contributed by atoms with Crippen LogP contribution in [0.5, 0.6) is 0 Å². The highest BCUT2D eigenvalue weighted by molar-refractivity contribution is 6.44. The summed E-state index contributed by atoms with van der Waals surface area (Å²) in [6, 6.07) is 10.7. The number of hydrogen-bond donors (Lipinski definition) is 2. The summed E-state index contributed by atoms with van der Waals surface area (Å²) in [5, 5.41) is 12.8. The minimum absolute atomic E-state index is 0.0827. The lowest BCUT2D eigenvalue weighted by molar-refractivity contribution is 0.0698. The Hall–Kier alpha value is -1.71. The monoisotopic (exact) mass is 323 g/mol. The number of nitrogens with one attached hydrogen (secondary N) is 1. The van der Waals surface area contributed by atoms with E-state index in [1.807, 2.05) is 24.3 Å². The average molecular weight is 324 g/mol. The zero-order valence-corrected chi connectivity index (χ0v) is 13.2. The highest BCUT2D eigenvalue weighted by Gasteiger charge is 2.16. The summed E-state index contributed by atoms with van der Waals surface area (Å²) < 4.78 is 0. The Morgan fingerprint density at radius 1 is 1.19 bits per heavy atom. The molecular formula is C16H15Cl2NO2. The second-order valence-electron chi connectivity index (χ2n) is 4.99. The van der Waals surface area contributed by atoms with Crippen molar-refractivity contribution >= 4 is 40.5 Å². The maximum atomic E-state index is 11.3. The summed E-state index contributed by atoms with van der Waals surface area (Å²) in [5.74, 6) is -0.684. The molecule has 0 atom stereocenters. The van der Waals surface area contributed by atoms with Crippen molar-refractivity contribution in [2.24, 2.45) is 0 Å². The van der Waals surface area contributed by atoms with Crippen LogP contribution in [-0.4, -0.2) is 11.1 Å². The van der Waals surface area contributed by atoms with Gasteiger partial charge in [0.25, 0.3) is 0 Å². The third-order valence-electron chi connectivity index (χ3n) is 3.15. The molecule has 0 radical (unpaired) electrons. The Labute approximate surface area is 133 Å². The second kappa shape index (κ2) is 6.37. The van der Waals surface area contributed by atoms with E-state index in [2.05, 4.69) is 19.2 Å². The number of aromatic carboxylic acids is 1. The first-order chi connectivity index (χ1) is 9.90. The fourth-order valence-corrected chi connectivity index (χ4v) is 2.34. The molecule has 0 heterocycles. The SMILES string of the molecule is CC(C)c1cccc(Nc2c(C(=O)O)ccc(Cl)c2Cl)c1. The molecule has 110 valence electrons. The summed E-state index contributed by atoms with van der Waals surface area (Å²) >= 11 is 12.1. The topological polar surface area (TPSA) is 49.3 Å². The zero-order valence-electron chi connectivity index (χ0n) is 11.7. The van der Waals surface area contributed by atoms with E-state index >= 15 is 0 Å². The maximum Gasteiger partial charge on any atom is 0.337 e. The number of rotatable bonds is 4. The van der Waals surface area contributed by atoms with Crippen LogP contribution in [0.4, 0.5) is 11.4 Å². The van der Waals surface area contributed by atoms with Gasteiger partial charge < -0.3 is 10.4 Å². The molecule has 2 rings (SSSR count). The van der Waals surface area contributed by atoms with Gasteiger partial charge in [-0.15, -0.1) is 0 Å². The first kappa shape index (κ1) is 15.7. The first-order valence-electron chi connectivity index (χ1n) is 6.48. The van der Waals surface area contributed by atoms with Crippen LogP contribution in [0, 0.1) is 0 Å². The van der Waals surface area contributed by atoms with Crippen LogP contribution in [0.3, 0.4) is 0 Å². The summed E-state index contributed by atoms with van der Waals surface area (Å²) in [7, 11) is 0. The minimum atomic E-state index is -1.06. The van der Waals surface area contributed by atoms with Gasteiger partial charge in [0.05, 0.1) is 21.3 Å². The van der Waals surface area contributed by atoms with Crippen molar-refractivity contribution in [2.75, 3.05) is 5.32 Å². The fraction of sp³-hybridized carbons (Fsp3) is 0.188. The number of anilines is 2. The lowest BCUT2D eigenvalue weighted by Gasteiger charge is -2.14. The van der Waals surface area contributed by atoms with Gasteiger partial charge in [-0.05, 0) is 35.7 Å². The Morgan fingerprint density at radius 3 is 2.52 bits per heavy atom. The molecular weight excluding hydrogens is 309 g/mol. The van der Waals surface area contributed by atoms with Crippen LogP contribution in [0.1, 0.15) is 35.7 Å². The minimum Gasteiger partial charge on any atom is -0.478 e. The number of benzene rings is 2. The van der Waals surface area contributed by atoms with Crippen LogP contribution in [0.2, 0.25) is 10.0 Å². The predicted molar refractivity (Wildman–Crippen MR) is 87.2 cm³/mol. The van der Waals surface area contributed by atoms with Gasteiger partial charge in [0.15, 0.2) is 0 Å². The van der Waals surface area contributed by atoms with E-state index in [1.54, 1.807) is 0 Å². The molecule has 5 heteroatoms. The van der Waals surface area contributed by atoms with E-state index in [1.165, 1.54) is 12.1 Å². The Kier molecular flexibility index (Phi) is 4.76. The number of halogens is 2. The molecule has 0 fully saturated rings.